The molecule has 146 valence electrons. The number of hydrogen-bond donors (Lipinski definition) is 1. The molecule has 0 fully saturated rings. The molecule has 28 heavy (non-hydrogen) atoms. The topological polar surface area (TPSA) is 68.3 Å². The number of thioether (sulfide) groups is 1. The molecule has 3 aromatic rings. The fourth-order valence-corrected chi connectivity index (χ4v) is 4.50. The summed E-state index contributed by atoms with van der Waals surface area (Å²) in [6.07, 6.45) is 0.578. The number of benzene rings is 2. The summed E-state index contributed by atoms with van der Waals surface area (Å²) in [6.45, 7) is -0.0489. The second-order valence-electron chi connectivity index (χ2n) is 5.90. The zero-order chi connectivity index (χ0) is 19.8. The highest BCUT2D eigenvalue weighted by Gasteiger charge is 2.10. The molecule has 5 nitrogen and oxygen atoms in total. The molecule has 0 atom stereocenters. The van der Waals surface area contributed by atoms with E-state index in [0.717, 1.165) is 14.6 Å². The summed E-state index contributed by atoms with van der Waals surface area (Å²) in [5.74, 6) is -0.594. The van der Waals surface area contributed by atoms with Crippen LogP contribution in [0.3, 0.4) is 0 Å². The van der Waals surface area contributed by atoms with E-state index in [2.05, 4.69) is 10.3 Å². The van der Waals surface area contributed by atoms with E-state index in [9.17, 15) is 14.0 Å². The summed E-state index contributed by atoms with van der Waals surface area (Å²) >= 11 is 3.08. The lowest BCUT2D eigenvalue weighted by molar-refractivity contribution is -0.148. The van der Waals surface area contributed by atoms with Gasteiger partial charge in [0.2, 0.25) is 0 Å². The Hall–Kier alpha value is -2.45. The van der Waals surface area contributed by atoms with Gasteiger partial charge in [0.15, 0.2) is 10.9 Å². The maximum Gasteiger partial charge on any atom is 0.307 e. The number of halogens is 1. The van der Waals surface area contributed by atoms with Crippen molar-refractivity contribution in [1.29, 1.82) is 0 Å². The molecule has 0 aliphatic heterocycles. The number of rotatable bonds is 9. The SMILES string of the molecule is O=C(COC(=O)CCSc1nc2ccccc2s1)NCCc1ccccc1F. The number of aromatic nitrogens is 1. The number of para-hydroxylation sites is 1. The van der Waals surface area contributed by atoms with Crippen LogP contribution in [-0.2, 0) is 20.7 Å². The molecule has 0 saturated carbocycles. The lowest BCUT2D eigenvalue weighted by atomic mass is 10.1. The Labute approximate surface area is 170 Å². The van der Waals surface area contributed by atoms with E-state index in [4.69, 9.17) is 4.74 Å². The Morgan fingerprint density at radius 1 is 1.14 bits per heavy atom. The molecule has 1 heterocycles. The van der Waals surface area contributed by atoms with Crippen molar-refractivity contribution in [2.24, 2.45) is 0 Å². The molecule has 0 radical (unpaired) electrons. The van der Waals surface area contributed by atoms with E-state index < -0.39 is 11.9 Å². The Bertz CT molecular complexity index is 928. The second kappa shape index (κ2) is 10.2. The van der Waals surface area contributed by atoms with Gasteiger partial charge in [0, 0.05) is 12.3 Å². The Kier molecular flexibility index (Phi) is 7.39. The predicted molar refractivity (Wildman–Crippen MR) is 109 cm³/mol. The van der Waals surface area contributed by atoms with E-state index >= 15 is 0 Å². The van der Waals surface area contributed by atoms with Gasteiger partial charge < -0.3 is 10.1 Å². The number of nitrogens with one attached hydrogen (secondary N) is 1. The number of carbonyl (C=O) groups is 2. The van der Waals surface area contributed by atoms with Crippen LogP contribution in [0.2, 0.25) is 0 Å². The number of thiazole rings is 1. The van der Waals surface area contributed by atoms with Gasteiger partial charge >= 0.3 is 5.97 Å². The van der Waals surface area contributed by atoms with E-state index in [0.29, 0.717) is 17.7 Å². The molecule has 1 amide bonds. The molecule has 0 spiro atoms. The predicted octanol–water partition coefficient (Wildman–Crippen LogP) is 3.82. The fraction of sp³-hybridized carbons (Fsp3) is 0.250. The third-order valence-electron chi connectivity index (χ3n) is 3.84. The molecule has 3 rings (SSSR count). The van der Waals surface area contributed by atoms with Gasteiger partial charge in [0.25, 0.3) is 5.91 Å². The van der Waals surface area contributed by atoms with E-state index in [-0.39, 0.29) is 25.4 Å². The van der Waals surface area contributed by atoms with Crippen LogP contribution in [0, 0.1) is 5.82 Å². The Balaban J connectivity index is 1.30. The number of hydrogen-bond acceptors (Lipinski definition) is 6. The van der Waals surface area contributed by atoms with Crippen LogP contribution in [0.15, 0.2) is 52.9 Å². The molecule has 0 aliphatic rings. The number of amides is 1. The summed E-state index contributed by atoms with van der Waals surface area (Å²) in [6, 6.07) is 14.3. The van der Waals surface area contributed by atoms with Gasteiger partial charge in [-0.15, -0.1) is 11.3 Å². The number of ether oxygens (including phenoxy) is 1. The van der Waals surface area contributed by atoms with Gasteiger partial charge in [-0.1, -0.05) is 42.1 Å². The molecule has 0 bridgehead atoms. The van der Waals surface area contributed by atoms with Crippen LogP contribution in [-0.4, -0.2) is 35.8 Å². The third-order valence-corrected chi connectivity index (χ3v) is 6.03. The lowest BCUT2D eigenvalue weighted by Gasteiger charge is -2.07. The third kappa shape index (κ3) is 6.03. The first-order valence-electron chi connectivity index (χ1n) is 8.76. The smallest absolute Gasteiger partial charge is 0.307 e. The van der Waals surface area contributed by atoms with E-state index in [1.54, 1.807) is 29.5 Å². The van der Waals surface area contributed by atoms with Gasteiger partial charge in [0.1, 0.15) is 5.82 Å². The van der Waals surface area contributed by atoms with Crippen molar-refractivity contribution < 1.29 is 18.7 Å². The monoisotopic (exact) mass is 418 g/mol. The maximum absolute atomic E-state index is 13.5. The Morgan fingerprint density at radius 2 is 1.93 bits per heavy atom. The van der Waals surface area contributed by atoms with Crippen molar-refractivity contribution in [3.63, 3.8) is 0 Å². The Morgan fingerprint density at radius 3 is 2.75 bits per heavy atom. The molecular weight excluding hydrogens is 399 g/mol. The normalized spacial score (nSPS) is 10.8. The molecule has 0 saturated heterocycles. The van der Waals surface area contributed by atoms with E-state index in [1.807, 2.05) is 24.3 Å². The number of carbonyl (C=O) groups excluding carboxylic acids is 2. The van der Waals surface area contributed by atoms with Gasteiger partial charge in [-0.25, -0.2) is 9.37 Å². The minimum atomic E-state index is -0.433. The first-order valence-corrected chi connectivity index (χ1v) is 10.6. The summed E-state index contributed by atoms with van der Waals surface area (Å²) in [5.41, 5.74) is 1.48. The largest absolute Gasteiger partial charge is 0.456 e. The van der Waals surface area contributed by atoms with Gasteiger partial charge in [0.05, 0.1) is 16.6 Å². The zero-order valence-electron chi connectivity index (χ0n) is 15.0. The average molecular weight is 419 g/mol. The van der Waals surface area contributed by atoms with E-state index in [1.165, 1.54) is 17.8 Å². The minimum Gasteiger partial charge on any atom is -0.456 e. The first kappa shape index (κ1) is 20.3. The molecule has 1 N–H and O–H groups in total. The van der Waals surface area contributed by atoms with Crippen molar-refractivity contribution >= 4 is 45.2 Å². The van der Waals surface area contributed by atoms with Crippen molar-refractivity contribution in [3.8, 4) is 0 Å². The first-order chi connectivity index (χ1) is 13.6. The van der Waals surface area contributed by atoms with Crippen molar-refractivity contribution in [2.45, 2.75) is 17.2 Å². The number of fused-ring (bicyclic) bond motifs is 1. The number of nitrogens with zero attached hydrogens (tertiary/aromatic N) is 1. The van der Waals surface area contributed by atoms with Crippen LogP contribution in [0.25, 0.3) is 10.2 Å². The molecule has 1 aromatic heterocycles. The van der Waals surface area contributed by atoms with Gasteiger partial charge in [-0.3, -0.25) is 9.59 Å². The van der Waals surface area contributed by atoms with Crippen molar-refractivity contribution in [1.82, 2.24) is 10.3 Å². The van der Waals surface area contributed by atoms with Crippen molar-refractivity contribution in [2.75, 3.05) is 18.9 Å². The number of esters is 1. The summed E-state index contributed by atoms with van der Waals surface area (Å²) < 4.78 is 20.5. The quantitative estimate of drug-likeness (QED) is 0.423. The highest BCUT2D eigenvalue weighted by Crippen LogP contribution is 2.29. The second-order valence-corrected chi connectivity index (χ2v) is 8.27. The van der Waals surface area contributed by atoms with Crippen LogP contribution < -0.4 is 5.32 Å². The minimum absolute atomic E-state index is 0.198. The summed E-state index contributed by atoms with van der Waals surface area (Å²) in [4.78, 5) is 28.0. The standard InChI is InChI=1S/C20H19FN2O3S2/c21-15-6-2-1-5-14(15)9-11-22-18(24)13-26-19(25)10-12-27-20-23-16-7-3-4-8-17(16)28-20/h1-8H,9-13H2,(H,22,24). The van der Waals surface area contributed by atoms with Crippen LogP contribution >= 0.6 is 23.1 Å². The molecular formula is C20H19FN2O3S2. The van der Waals surface area contributed by atoms with Crippen LogP contribution in [0.5, 0.6) is 0 Å². The highest BCUT2D eigenvalue weighted by molar-refractivity contribution is 8.01. The van der Waals surface area contributed by atoms with Crippen LogP contribution in [0.4, 0.5) is 4.39 Å². The van der Waals surface area contributed by atoms with Crippen molar-refractivity contribution in [3.05, 3.63) is 59.9 Å². The highest BCUT2D eigenvalue weighted by atomic mass is 32.2. The lowest BCUT2D eigenvalue weighted by Crippen LogP contribution is -2.30. The molecule has 0 unspecified atom stereocenters. The molecule has 2 aromatic carbocycles. The summed E-state index contributed by atoms with van der Waals surface area (Å²) in [7, 11) is 0. The molecule has 8 heteroatoms. The zero-order valence-corrected chi connectivity index (χ0v) is 16.7. The fourth-order valence-electron chi connectivity index (χ4n) is 2.44. The molecule has 0 aliphatic carbocycles. The maximum atomic E-state index is 13.5. The summed E-state index contributed by atoms with van der Waals surface area (Å²) in [5, 5.41) is 2.61. The van der Waals surface area contributed by atoms with Gasteiger partial charge in [-0.2, -0.15) is 0 Å². The van der Waals surface area contributed by atoms with Gasteiger partial charge in [-0.05, 0) is 30.2 Å². The van der Waals surface area contributed by atoms with Crippen LogP contribution in [0.1, 0.15) is 12.0 Å². The average Bonchev–Trinajstić information content (AvgIpc) is 3.10.